The molecule has 0 bridgehead atoms. The molecule has 1 aliphatic rings. The van der Waals surface area contributed by atoms with E-state index >= 15 is 0 Å². The van der Waals surface area contributed by atoms with E-state index in [1.165, 1.54) is 0 Å². The van der Waals surface area contributed by atoms with Crippen LogP contribution in [0.3, 0.4) is 0 Å². The number of likely N-dealkylation sites (N-methyl/N-ethyl adjacent to an activating group) is 1. The van der Waals surface area contributed by atoms with Gasteiger partial charge < -0.3 is 10.0 Å². The summed E-state index contributed by atoms with van der Waals surface area (Å²) < 4.78 is 0. The average Bonchev–Trinajstić information content (AvgIpc) is 2.41. The molecule has 1 saturated heterocycles. The predicted octanol–water partition coefficient (Wildman–Crippen LogP) is 2.11. The third-order valence-electron chi connectivity index (χ3n) is 4.06. The number of hydrogen-bond donors (Lipinski definition) is 1. The van der Waals surface area contributed by atoms with Gasteiger partial charge in [0.05, 0.1) is 6.10 Å². The van der Waals surface area contributed by atoms with E-state index in [9.17, 15) is 9.90 Å². The highest BCUT2D eigenvalue weighted by molar-refractivity contribution is 6.30. The fourth-order valence-corrected chi connectivity index (χ4v) is 2.81. The number of benzene rings is 1. The summed E-state index contributed by atoms with van der Waals surface area (Å²) in [5.74, 6) is 0.357. The first-order valence-corrected chi connectivity index (χ1v) is 7.69. The van der Waals surface area contributed by atoms with Crippen LogP contribution in [0.5, 0.6) is 0 Å². The van der Waals surface area contributed by atoms with Gasteiger partial charge in [-0.2, -0.15) is 0 Å². The highest BCUT2D eigenvalue weighted by atomic mass is 35.5. The van der Waals surface area contributed by atoms with Crippen molar-refractivity contribution >= 4 is 17.5 Å². The first-order valence-electron chi connectivity index (χ1n) is 7.31. The van der Waals surface area contributed by atoms with Gasteiger partial charge >= 0.3 is 0 Å². The number of carbonyl (C=O) groups is 1. The number of β-amino-alcohol motifs (C(OH)–C–C–N with tert-alkyl or cyclic N) is 1. The van der Waals surface area contributed by atoms with Gasteiger partial charge in [0, 0.05) is 43.3 Å². The SMILES string of the molecule is CC(C)C(CN1CC(O)C1)N(C)C(=O)c1ccc(Cl)cc1. The van der Waals surface area contributed by atoms with Crippen molar-refractivity contribution in [1.82, 2.24) is 9.80 Å². The fourth-order valence-electron chi connectivity index (χ4n) is 2.68. The lowest BCUT2D eigenvalue weighted by atomic mass is 9.99. The van der Waals surface area contributed by atoms with Crippen LogP contribution < -0.4 is 0 Å². The van der Waals surface area contributed by atoms with Crippen molar-refractivity contribution in [2.24, 2.45) is 5.92 Å². The topological polar surface area (TPSA) is 43.8 Å². The van der Waals surface area contributed by atoms with Crippen LogP contribution in [-0.2, 0) is 0 Å². The highest BCUT2D eigenvalue weighted by Crippen LogP contribution is 2.18. The normalized spacial score (nSPS) is 17.6. The summed E-state index contributed by atoms with van der Waals surface area (Å²) in [5.41, 5.74) is 0.649. The van der Waals surface area contributed by atoms with Gasteiger partial charge in [-0.15, -0.1) is 0 Å². The standard InChI is InChI=1S/C16H23ClN2O2/c1-11(2)15(10-19-8-14(20)9-19)18(3)16(21)12-4-6-13(17)7-5-12/h4-7,11,14-15,20H,8-10H2,1-3H3. The maximum absolute atomic E-state index is 12.6. The smallest absolute Gasteiger partial charge is 0.253 e. The molecule has 1 fully saturated rings. The molecule has 21 heavy (non-hydrogen) atoms. The van der Waals surface area contributed by atoms with Crippen molar-refractivity contribution in [3.63, 3.8) is 0 Å². The molecule has 1 heterocycles. The van der Waals surface area contributed by atoms with Crippen molar-refractivity contribution in [2.75, 3.05) is 26.7 Å². The van der Waals surface area contributed by atoms with E-state index in [0.717, 1.165) is 6.54 Å². The Hall–Kier alpha value is -1.10. The van der Waals surface area contributed by atoms with Crippen LogP contribution in [0.25, 0.3) is 0 Å². The first-order chi connectivity index (χ1) is 9.88. The summed E-state index contributed by atoms with van der Waals surface area (Å²) in [7, 11) is 1.85. The Labute approximate surface area is 131 Å². The summed E-state index contributed by atoms with van der Waals surface area (Å²) in [4.78, 5) is 16.6. The second-order valence-electron chi connectivity index (χ2n) is 6.11. The lowest BCUT2D eigenvalue weighted by Crippen LogP contribution is -2.57. The Morgan fingerprint density at radius 1 is 1.38 bits per heavy atom. The maximum atomic E-state index is 12.6. The molecule has 1 N–H and O–H groups in total. The molecule has 1 aliphatic heterocycles. The van der Waals surface area contributed by atoms with Crippen molar-refractivity contribution in [2.45, 2.75) is 26.0 Å². The van der Waals surface area contributed by atoms with E-state index in [0.29, 0.717) is 29.6 Å². The zero-order valence-electron chi connectivity index (χ0n) is 12.8. The third-order valence-corrected chi connectivity index (χ3v) is 4.31. The highest BCUT2D eigenvalue weighted by Gasteiger charge is 2.31. The Bertz CT molecular complexity index is 484. The van der Waals surface area contributed by atoms with Gasteiger partial charge in [0.2, 0.25) is 0 Å². The number of amides is 1. The molecule has 0 aromatic heterocycles. The molecule has 1 amide bonds. The summed E-state index contributed by atoms with van der Waals surface area (Å²) in [6.45, 7) is 6.43. The Morgan fingerprint density at radius 2 is 1.95 bits per heavy atom. The predicted molar refractivity (Wildman–Crippen MR) is 84.6 cm³/mol. The second-order valence-corrected chi connectivity index (χ2v) is 6.54. The molecule has 0 saturated carbocycles. The van der Waals surface area contributed by atoms with Crippen LogP contribution in [0, 0.1) is 5.92 Å². The zero-order chi connectivity index (χ0) is 15.6. The van der Waals surface area contributed by atoms with Crippen molar-refractivity contribution in [3.05, 3.63) is 34.9 Å². The zero-order valence-corrected chi connectivity index (χ0v) is 13.5. The van der Waals surface area contributed by atoms with E-state index in [4.69, 9.17) is 11.6 Å². The van der Waals surface area contributed by atoms with Gasteiger partial charge in [0.1, 0.15) is 0 Å². The summed E-state index contributed by atoms with van der Waals surface area (Å²) in [6, 6.07) is 7.11. The summed E-state index contributed by atoms with van der Waals surface area (Å²) in [6.07, 6.45) is -0.213. The fraction of sp³-hybridized carbons (Fsp3) is 0.562. The Balaban J connectivity index is 2.04. The van der Waals surface area contributed by atoms with E-state index in [-0.39, 0.29) is 18.1 Å². The van der Waals surface area contributed by atoms with Gasteiger partial charge in [0.25, 0.3) is 5.91 Å². The molecule has 4 nitrogen and oxygen atoms in total. The van der Waals surface area contributed by atoms with Crippen molar-refractivity contribution < 1.29 is 9.90 Å². The number of rotatable bonds is 5. The van der Waals surface area contributed by atoms with E-state index < -0.39 is 0 Å². The summed E-state index contributed by atoms with van der Waals surface area (Å²) >= 11 is 5.86. The van der Waals surface area contributed by atoms with Crippen LogP contribution in [0.1, 0.15) is 24.2 Å². The number of aliphatic hydroxyl groups excluding tert-OH is 1. The Kier molecular flexibility index (Phi) is 5.25. The van der Waals surface area contributed by atoms with Crippen LogP contribution in [0.4, 0.5) is 0 Å². The molecule has 1 aromatic carbocycles. The molecule has 116 valence electrons. The summed E-state index contributed by atoms with van der Waals surface area (Å²) in [5, 5.41) is 10.0. The first kappa shape index (κ1) is 16.3. The molecular formula is C16H23ClN2O2. The van der Waals surface area contributed by atoms with Gasteiger partial charge in [-0.25, -0.2) is 0 Å². The van der Waals surface area contributed by atoms with Gasteiger partial charge in [-0.3, -0.25) is 9.69 Å². The number of nitrogens with zero attached hydrogens (tertiary/aromatic N) is 2. The minimum Gasteiger partial charge on any atom is -0.390 e. The third kappa shape index (κ3) is 3.96. The minimum atomic E-state index is -0.213. The monoisotopic (exact) mass is 310 g/mol. The van der Waals surface area contributed by atoms with Crippen molar-refractivity contribution in [3.8, 4) is 0 Å². The number of halogens is 1. The number of likely N-dealkylation sites (tertiary alicyclic amines) is 1. The van der Waals surface area contributed by atoms with Crippen LogP contribution in [-0.4, -0.2) is 59.6 Å². The van der Waals surface area contributed by atoms with E-state index in [1.807, 2.05) is 7.05 Å². The largest absolute Gasteiger partial charge is 0.390 e. The molecule has 0 radical (unpaired) electrons. The molecule has 1 atom stereocenters. The average molecular weight is 311 g/mol. The van der Waals surface area contributed by atoms with E-state index in [1.54, 1.807) is 29.2 Å². The van der Waals surface area contributed by atoms with Crippen LogP contribution in [0.15, 0.2) is 24.3 Å². The molecule has 0 aliphatic carbocycles. The maximum Gasteiger partial charge on any atom is 0.253 e. The van der Waals surface area contributed by atoms with Crippen molar-refractivity contribution in [1.29, 1.82) is 0 Å². The molecule has 5 heteroatoms. The molecule has 2 rings (SSSR count). The van der Waals surface area contributed by atoms with E-state index in [2.05, 4.69) is 18.7 Å². The lowest BCUT2D eigenvalue weighted by Gasteiger charge is -2.41. The molecule has 1 aromatic rings. The van der Waals surface area contributed by atoms with Gasteiger partial charge in [-0.05, 0) is 30.2 Å². The second kappa shape index (κ2) is 6.77. The van der Waals surface area contributed by atoms with Crippen LogP contribution >= 0.6 is 11.6 Å². The van der Waals surface area contributed by atoms with Crippen LogP contribution in [0.2, 0.25) is 5.02 Å². The quantitative estimate of drug-likeness (QED) is 0.906. The lowest BCUT2D eigenvalue weighted by molar-refractivity contribution is -0.0152. The molecule has 0 spiro atoms. The number of carbonyl (C=O) groups excluding carboxylic acids is 1. The number of aliphatic hydroxyl groups is 1. The van der Waals surface area contributed by atoms with Gasteiger partial charge in [-0.1, -0.05) is 25.4 Å². The molecule has 1 unspecified atom stereocenters. The minimum absolute atomic E-state index is 0.00596. The molecular weight excluding hydrogens is 288 g/mol. The van der Waals surface area contributed by atoms with Gasteiger partial charge in [0.15, 0.2) is 0 Å². The number of hydrogen-bond acceptors (Lipinski definition) is 3. The Morgan fingerprint density at radius 3 is 2.43 bits per heavy atom.